The van der Waals surface area contributed by atoms with Gasteiger partial charge >= 0.3 is 17.9 Å². The summed E-state index contributed by atoms with van der Waals surface area (Å²) in [5.41, 5.74) is 0. The minimum absolute atomic E-state index is 0.0840. The van der Waals surface area contributed by atoms with Crippen molar-refractivity contribution in [3.63, 3.8) is 0 Å². The minimum atomic E-state index is -0.788. The Bertz CT molecular complexity index is 1540. The van der Waals surface area contributed by atoms with Crippen LogP contribution in [0.5, 0.6) is 0 Å². The van der Waals surface area contributed by atoms with Gasteiger partial charge in [0.05, 0.1) is 0 Å². The zero-order valence-corrected chi connectivity index (χ0v) is 52.1. The van der Waals surface area contributed by atoms with E-state index in [0.29, 0.717) is 19.3 Å². The highest BCUT2D eigenvalue weighted by Crippen LogP contribution is 2.17. The molecule has 0 aromatic rings. The summed E-state index contributed by atoms with van der Waals surface area (Å²) in [5, 5.41) is 0. The molecule has 0 aromatic heterocycles. The molecule has 79 heavy (non-hydrogen) atoms. The van der Waals surface area contributed by atoms with Crippen LogP contribution in [0.4, 0.5) is 0 Å². The number of allylic oxidation sites excluding steroid dienone is 16. The lowest BCUT2D eigenvalue weighted by atomic mass is 10.0. The van der Waals surface area contributed by atoms with Gasteiger partial charge in [0.15, 0.2) is 6.10 Å². The Balaban J connectivity index is 4.40. The number of unbranched alkanes of at least 4 members (excludes halogenated alkanes) is 34. The fraction of sp³-hybridized carbons (Fsp3) is 0.740. The fourth-order valence-corrected chi connectivity index (χ4v) is 9.54. The molecule has 0 amide bonds. The number of carbonyl (C=O) groups excluding carboxylic acids is 3. The molecule has 6 heteroatoms. The van der Waals surface area contributed by atoms with E-state index in [4.69, 9.17) is 14.2 Å². The van der Waals surface area contributed by atoms with Gasteiger partial charge in [0.25, 0.3) is 0 Å². The van der Waals surface area contributed by atoms with Crippen LogP contribution in [0.1, 0.15) is 329 Å². The van der Waals surface area contributed by atoms with E-state index in [1.54, 1.807) is 0 Å². The van der Waals surface area contributed by atoms with E-state index < -0.39 is 6.10 Å². The first-order chi connectivity index (χ1) is 39.0. The van der Waals surface area contributed by atoms with Crippen LogP contribution in [0.2, 0.25) is 0 Å². The Kier molecular flexibility index (Phi) is 63.7. The molecule has 454 valence electrons. The van der Waals surface area contributed by atoms with Gasteiger partial charge in [0.1, 0.15) is 13.2 Å². The van der Waals surface area contributed by atoms with Gasteiger partial charge in [-0.25, -0.2) is 0 Å². The predicted molar refractivity (Wildman–Crippen MR) is 344 cm³/mol. The van der Waals surface area contributed by atoms with Crippen molar-refractivity contribution in [2.24, 2.45) is 0 Å². The van der Waals surface area contributed by atoms with Crippen LogP contribution in [0.25, 0.3) is 0 Å². The van der Waals surface area contributed by atoms with Gasteiger partial charge in [0, 0.05) is 19.3 Å². The Hall–Kier alpha value is -3.67. The van der Waals surface area contributed by atoms with Gasteiger partial charge in [-0.05, 0) is 103 Å². The molecule has 0 radical (unpaired) electrons. The highest BCUT2D eigenvalue weighted by molar-refractivity contribution is 5.71. The average Bonchev–Trinajstić information content (AvgIpc) is 3.45. The smallest absolute Gasteiger partial charge is 0.306 e. The summed E-state index contributed by atoms with van der Waals surface area (Å²) < 4.78 is 17.0. The Morgan fingerprint density at radius 1 is 0.266 bits per heavy atom. The molecule has 0 saturated carbocycles. The van der Waals surface area contributed by atoms with E-state index in [1.165, 1.54) is 167 Å². The van der Waals surface area contributed by atoms with Crippen LogP contribution >= 0.6 is 0 Å². The first-order valence-corrected chi connectivity index (χ1v) is 33.7. The number of hydrogen-bond acceptors (Lipinski definition) is 6. The Labute approximate surface area is 489 Å². The lowest BCUT2D eigenvalue weighted by Gasteiger charge is -2.18. The van der Waals surface area contributed by atoms with Crippen LogP contribution in [-0.4, -0.2) is 37.2 Å². The lowest BCUT2D eigenvalue weighted by molar-refractivity contribution is -0.167. The second-order valence-corrected chi connectivity index (χ2v) is 22.4. The highest BCUT2D eigenvalue weighted by Gasteiger charge is 2.19. The number of carbonyl (C=O) groups is 3. The highest BCUT2D eigenvalue weighted by atomic mass is 16.6. The van der Waals surface area contributed by atoms with Gasteiger partial charge in [0.2, 0.25) is 0 Å². The van der Waals surface area contributed by atoms with Crippen LogP contribution in [0.3, 0.4) is 0 Å². The molecule has 0 aliphatic carbocycles. The summed E-state index contributed by atoms with van der Waals surface area (Å²) in [6, 6.07) is 0. The van der Waals surface area contributed by atoms with E-state index in [1.807, 2.05) is 0 Å². The second-order valence-electron chi connectivity index (χ2n) is 22.4. The number of esters is 3. The largest absolute Gasteiger partial charge is 0.462 e. The van der Waals surface area contributed by atoms with Crippen molar-refractivity contribution < 1.29 is 28.6 Å². The van der Waals surface area contributed by atoms with Gasteiger partial charge in [-0.2, -0.15) is 0 Å². The lowest BCUT2D eigenvalue weighted by Crippen LogP contribution is -2.30. The van der Waals surface area contributed by atoms with Gasteiger partial charge < -0.3 is 14.2 Å². The van der Waals surface area contributed by atoms with Crippen LogP contribution in [0, 0.1) is 0 Å². The van der Waals surface area contributed by atoms with Crippen LogP contribution in [0.15, 0.2) is 97.2 Å². The standard InChI is InChI=1S/C73H126O6/c1-4-7-10-13-16-19-22-25-28-31-33-34-35-36-37-38-40-42-45-48-51-54-57-60-63-66-72(75)78-69-70(68-77-71(74)65-62-59-56-53-50-47-44-41-30-27-24-21-18-15-12-9-6-3)79-73(76)67-64-61-58-55-52-49-46-43-39-32-29-26-23-20-17-14-11-8-5-2/h7,10,16,18-19,21,25,27-28,30,33-34,36-37,40,42,70H,4-6,8-9,11-15,17,20,22-24,26,29,31-32,35,38-39,41,43-69H2,1-3H3/b10-7-,19-16-,21-18-,28-25-,30-27-,34-33-,37-36-,42-40-. The molecule has 1 atom stereocenters. The quantitative estimate of drug-likeness (QED) is 0.0261. The first kappa shape index (κ1) is 75.3. The zero-order valence-electron chi connectivity index (χ0n) is 52.1. The summed E-state index contributed by atoms with van der Waals surface area (Å²) in [6.45, 7) is 6.53. The predicted octanol–water partition coefficient (Wildman–Crippen LogP) is 23.2. The van der Waals surface area contributed by atoms with Crippen molar-refractivity contribution in [3.8, 4) is 0 Å². The molecule has 0 heterocycles. The van der Waals surface area contributed by atoms with Crippen molar-refractivity contribution >= 4 is 17.9 Å². The maximum atomic E-state index is 12.9. The topological polar surface area (TPSA) is 78.9 Å². The third-order valence-corrected chi connectivity index (χ3v) is 14.6. The molecule has 0 aliphatic rings. The Morgan fingerprint density at radius 3 is 0.797 bits per heavy atom. The summed E-state index contributed by atoms with van der Waals surface area (Å²) in [5.74, 6) is -0.890. The third kappa shape index (κ3) is 65.0. The molecule has 6 nitrogen and oxygen atoms in total. The summed E-state index contributed by atoms with van der Waals surface area (Å²) in [4.78, 5) is 38.4. The van der Waals surface area contributed by atoms with Crippen LogP contribution < -0.4 is 0 Å². The molecular formula is C73H126O6. The van der Waals surface area contributed by atoms with Crippen molar-refractivity contribution in [3.05, 3.63) is 97.2 Å². The zero-order chi connectivity index (χ0) is 57.1. The molecule has 0 aliphatic heterocycles. The fourth-order valence-electron chi connectivity index (χ4n) is 9.54. The van der Waals surface area contributed by atoms with Crippen LogP contribution in [-0.2, 0) is 28.6 Å². The molecule has 0 N–H and O–H groups in total. The second kappa shape index (κ2) is 66.8. The van der Waals surface area contributed by atoms with Crippen molar-refractivity contribution in [1.29, 1.82) is 0 Å². The van der Waals surface area contributed by atoms with E-state index in [-0.39, 0.29) is 31.1 Å². The minimum Gasteiger partial charge on any atom is -0.462 e. The van der Waals surface area contributed by atoms with Gasteiger partial charge in [-0.1, -0.05) is 304 Å². The third-order valence-electron chi connectivity index (χ3n) is 14.6. The molecule has 0 fully saturated rings. The first-order valence-electron chi connectivity index (χ1n) is 33.7. The molecule has 0 rings (SSSR count). The summed E-state index contributed by atoms with van der Waals surface area (Å²) >= 11 is 0. The molecule has 0 bridgehead atoms. The normalized spacial score (nSPS) is 12.7. The van der Waals surface area contributed by atoms with E-state index >= 15 is 0 Å². The maximum absolute atomic E-state index is 12.9. The summed E-state index contributed by atoms with van der Waals surface area (Å²) in [7, 11) is 0. The monoisotopic (exact) mass is 1100 g/mol. The van der Waals surface area contributed by atoms with Crippen molar-refractivity contribution in [1.82, 2.24) is 0 Å². The number of ether oxygens (including phenoxy) is 3. The van der Waals surface area contributed by atoms with Crippen molar-refractivity contribution in [2.75, 3.05) is 13.2 Å². The average molecular weight is 1100 g/mol. The van der Waals surface area contributed by atoms with Gasteiger partial charge in [-0.15, -0.1) is 0 Å². The Morgan fingerprint density at radius 2 is 0.494 bits per heavy atom. The summed E-state index contributed by atoms with van der Waals surface area (Å²) in [6.07, 6.45) is 89.8. The molecule has 0 spiro atoms. The van der Waals surface area contributed by atoms with E-state index in [9.17, 15) is 14.4 Å². The molecule has 0 saturated heterocycles. The molecular weight excluding hydrogens is 973 g/mol. The van der Waals surface area contributed by atoms with E-state index in [0.717, 1.165) is 122 Å². The maximum Gasteiger partial charge on any atom is 0.306 e. The van der Waals surface area contributed by atoms with E-state index in [2.05, 4.69) is 118 Å². The molecule has 0 aromatic carbocycles. The number of hydrogen-bond donors (Lipinski definition) is 0. The van der Waals surface area contributed by atoms with Crippen molar-refractivity contribution in [2.45, 2.75) is 335 Å². The molecule has 1 unspecified atom stereocenters. The number of rotatable bonds is 61. The van der Waals surface area contributed by atoms with Gasteiger partial charge in [-0.3, -0.25) is 14.4 Å². The SMILES string of the molecule is CC/C=C\C/C=C\C/C=C\C/C=C\C/C=C\C/C=C\CCCCCCCCC(=O)OCC(COC(=O)CCCCCCCCC/C=C\C/C=C\CCCCC)OC(=O)CCCCCCCCCCCCCCCCCCCCC.